The zero-order valence-corrected chi connectivity index (χ0v) is 23.7. The van der Waals surface area contributed by atoms with Gasteiger partial charge in [-0.2, -0.15) is 4.37 Å². The smallest absolute Gasteiger partial charge is 0.273 e. The molecule has 39 heavy (non-hydrogen) atoms. The van der Waals surface area contributed by atoms with E-state index in [4.69, 9.17) is 11.5 Å². The van der Waals surface area contributed by atoms with E-state index in [1.165, 1.54) is 4.90 Å². The molecule has 1 aliphatic carbocycles. The number of nitrogens with one attached hydrogen (secondary N) is 1. The second kappa shape index (κ2) is 11.9. The van der Waals surface area contributed by atoms with Gasteiger partial charge in [-0.3, -0.25) is 19.3 Å². The van der Waals surface area contributed by atoms with Crippen LogP contribution in [0, 0.1) is 13.8 Å². The molecule has 0 spiro atoms. The summed E-state index contributed by atoms with van der Waals surface area (Å²) in [5, 5.41) is 3.22. The van der Waals surface area contributed by atoms with Crippen molar-refractivity contribution in [3.05, 3.63) is 69.7 Å². The average molecular weight is 549 g/mol. The molecule has 3 amide bonds. The molecule has 5 N–H and O–H groups in total. The lowest BCUT2D eigenvalue weighted by atomic mass is 9.94. The molecule has 1 unspecified atom stereocenters. The number of nitrogens with two attached hydrogens (primary N) is 2. The SMILES string of the molecule is Cc1cccc(N(C(=O)c2snc(C(N)=O)c2N)C(C(=O)NC2CCCCC2)c2ccc(N(C)C)cc2)c1C. The number of aryl methyl sites for hydroxylation is 1. The summed E-state index contributed by atoms with van der Waals surface area (Å²) in [6.45, 7) is 3.87. The third kappa shape index (κ3) is 5.90. The minimum absolute atomic E-state index is 0.0419. The Kier molecular flexibility index (Phi) is 8.54. The lowest BCUT2D eigenvalue weighted by molar-refractivity contribution is -0.123. The van der Waals surface area contributed by atoms with Gasteiger partial charge in [0.25, 0.3) is 11.8 Å². The first kappa shape index (κ1) is 28.1. The fourth-order valence-electron chi connectivity index (χ4n) is 5.00. The van der Waals surface area contributed by atoms with Crippen LogP contribution < -0.4 is 26.6 Å². The van der Waals surface area contributed by atoms with Crippen LogP contribution in [0.4, 0.5) is 17.1 Å². The number of carbonyl (C=O) groups excluding carboxylic acids is 3. The third-order valence-electron chi connectivity index (χ3n) is 7.39. The lowest BCUT2D eigenvalue weighted by Crippen LogP contribution is -2.47. The highest BCUT2D eigenvalue weighted by atomic mass is 32.1. The molecule has 1 aromatic heterocycles. The number of hydrogen-bond acceptors (Lipinski definition) is 7. The van der Waals surface area contributed by atoms with E-state index >= 15 is 0 Å². The van der Waals surface area contributed by atoms with Crippen molar-refractivity contribution in [3.63, 3.8) is 0 Å². The highest BCUT2D eigenvalue weighted by Gasteiger charge is 2.37. The second-order valence-corrected chi connectivity index (χ2v) is 11.0. The maximum absolute atomic E-state index is 14.3. The van der Waals surface area contributed by atoms with Gasteiger partial charge in [-0.05, 0) is 73.1 Å². The Labute approximate surface area is 233 Å². The van der Waals surface area contributed by atoms with E-state index in [1.807, 2.05) is 75.3 Å². The number of carbonyl (C=O) groups is 3. The fourth-order valence-corrected chi connectivity index (χ4v) is 5.74. The number of amides is 3. The maximum atomic E-state index is 14.3. The molecule has 206 valence electrons. The van der Waals surface area contributed by atoms with Gasteiger partial charge in [0.1, 0.15) is 10.9 Å². The molecule has 3 aromatic rings. The van der Waals surface area contributed by atoms with Crippen molar-refractivity contribution in [1.29, 1.82) is 0 Å². The molecular weight excluding hydrogens is 512 g/mol. The molecule has 1 fully saturated rings. The highest BCUT2D eigenvalue weighted by Crippen LogP contribution is 2.36. The molecule has 1 aliphatic rings. The first-order valence-corrected chi connectivity index (χ1v) is 13.9. The average Bonchev–Trinajstić information content (AvgIpc) is 3.31. The first-order chi connectivity index (χ1) is 18.6. The van der Waals surface area contributed by atoms with Crippen molar-refractivity contribution in [2.45, 2.75) is 58.0 Å². The summed E-state index contributed by atoms with van der Waals surface area (Å²) in [6.07, 6.45) is 5.07. The molecule has 2 aromatic carbocycles. The molecule has 0 radical (unpaired) electrons. The maximum Gasteiger partial charge on any atom is 0.273 e. The van der Waals surface area contributed by atoms with Crippen molar-refractivity contribution in [2.75, 3.05) is 29.6 Å². The van der Waals surface area contributed by atoms with Crippen LogP contribution >= 0.6 is 11.5 Å². The quantitative estimate of drug-likeness (QED) is 0.383. The molecule has 1 heterocycles. The van der Waals surface area contributed by atoms with Crippen LogP contribution in [0.3, 0.4) is 0 Å². The van der Waals surface area contributed by atoms with Crippen LogP contribution in [0.5, 0.6) is 0 Å². The number of nitrogens with zero attached hydrogens (tertiary/aromatic N) is 3. The molecule has 1 saturated carbocycles. The van der Waals surface area contributed by atoms with E-state index in [2.05, 4.69) is 9.69 Å². The van der Waals surface area contributed by atoms with Gasteiger partial charge in [0.15, 0.2) is 5.69 Å². The number of anilines is 3. The molecule has 10 heteroatoms. The zero-order chi connectivity index (χ0) is 28.3. The topological polar surface area (TPSA) is 135 Å². The molecule has 0 saturated heterocycles. The highest BCUT2D eigenvalue weighted by molar-refractivity contribution is 7.09. The van der Waals surface area contributed by atoms with Gasteiger partial charge in [-0.15, -0.1) is 0 Å². The summed E-state index contributed by atoms with van der Waals surface area (Å²) < 4.78 is 4.04. The molecule has 1 atom stereocenters. The van der Waals surface area contributed by atoms with Gasteiger partial charge in [-0.25, -0.2) is 0 Å². The second-order valence-electron chi connectivity index (χ2n) is 10.3. The van der Waals surface area contributed by atoms with E-state index in [0.29, 0.717) is 11.3 Å². The van der Waals surface area contributed by atoms with Crippen LogP contribution in [-0.2, 0) is 4.79 Å². The molecule has 0 bridgehead atoms. The van der Waals surface area contributed by atoms with Gasteiger partial charge in [-0.1, -0.05) is 43.5 Å². The minimum atomic E-state index is -0.991. The molecule has 4 rings (SSSR count). The zero-order valence-electron chi connectivity index (χ0n) is 22.9. The van der Waals surface area contributed by atoms with Crippen molar-refractivity contribution in [1.82, 2.24) is 9.69 Å². The Balaban J connectivity index is 1.88. The monoisotopic (exact) mass is 548 g/mol. The Morgan fingerprint density at radius 2 is 1.69 bits per heavy atom. The van der Waals surface area contributed by atoms with Gasteiger partial charge < -0.3 is 21.7 Å². The largest absolute Gasteiger partial charge is 0.395 e. The van der Waals surface area contributed by atoms with E-state index in [-0.39, 0.29) is 28.2 Å². The van der Waals surface area contributed by atoms with Crippen LogP contribution in [-0.4, -0.2) is 42.2 Å². The van der Waals surface area contributed by atoms with Crippen LogP contribution in [0.15, 0.2) is 42.5 Å². The Bertz CT molecular complexity index is 1360. The fraction of sp³-hybridized carbons (Fsp3) is 0.379. The standard InChI is InChI=1S/C29H36N6O3S/c1-17-9-8-12-22(18(17)2)35(29(38)26-23(30)24(27(31)36)33-39-26)25(19-13-15-21(16-14-19)34(3)4)28(37)32-20-10-6-5-7-11-20/h8-9,12-16,20,25H,5-7,10-11,30H2,1-4H3,(H2,31,36)(H,32,37). The normalized spacial score (nSPS) is 14.5. The Hall–Kier alpha value is -3.92. The van der Waals surface area contributed by atoms with E-state index in [1.54, 1.807) is 0 Å². The van der Waals surface area contributed by atoms with Gasteiger partial charge in [0.2, 0.25) is 5.91 Å². The van der Waals surface area contributed by atoms with Crippen LogP contribution in [0.2, 0.25) is 0 Å². The minimum Gasteiger partial charge on any atom is -0.395 e. The first-order valence-electron chi connectivity index (χ1n) is 13.1. The lowest BCUT2D eigenvalue weighted by Gasteiger charge is -2.34. The Morgan fingerprint density at radius 3 is 2.28 bits per heavy atom. The predicted molar refractivity (Wildman–Crippen MR) is 156 cm³/mol. The van der Waals surface area contributed by atoms with E-state index in [9.17, 15) is 14.4 Å². The summed E-state index contributed by atoms with van der Waals surface area (Å²) in [4.78, 5) is 43.8. The summed E-state index contributed by atoms with van der Waals surface area (Å²) >= 11 is 0.807. The van der Waals surface area contributed by atoms with E-state index in [0.717, 1.165) is 60.5 Å². The number of nitrogen functional groups attached to an aromatic ring is 1. The van der Waals surface area contributed by atoms with Crippen molar-refractivity contribution in [3.8, 4) is 0 Å². The number of aromatic nitrogens is 1. The third-order valence-corrected chi connectivity index (χ3v) is 8.24. The number of hydrogen-bond donors (Lipinski definition) is 3. The van der Waals surface area contributed by atoms with Gasteiger partial charge in [0, 0.05) is 31.5 Å². The predicted octanol–water partition coefficient (Wildman–Crippen LogP) is 4.34. The number of rotatable bonds is 8. The van der Waals surface area contributed by atoms with Gasteiger partial charge >= 0.3 is 0 Å². The Morgan fingerprint density at radius 1 is 1.03 bits per heavy atom. The summed E-state index contributed by atoms with van der Waals surface area (Å²) in [7, 11) is 3.88. The van der Waals surface area contributed by atoms with Crippen LogP contribution in [0.25, 0.3) is 0 Å². The summed E-state index contributed by atoms with van der Waals surface area (Å²) in [5.41, 5.74) is 15.4. The van der Waals surface area contributed by atoms with Crippen molar-refractivity contribution >= 4 is 46.3 Å². The number of primary amides is 1. The van der Waals surface area contributed by atoms with E-state index < -0.39 is 17.9 Å². The van der Waals surface area contributed by atoms with Crippen molar-refractivity contribution in [2.24, 2.45) is 5.73 Å². The van der Waals surface area contributed by atoms with Gasteiger partial charge in [0.05, 0.1) is 5.69 Å². The van der Waals surface area contributed by atoms with Crippen LogP contribution in [0.1, 0.15) is 75.0 Å². The summed E-state index contributed by atoms with van der Waals surface area (Å²) in [6, 6.07) is 12.3. The molecule has 9 nitrogen and oxygen atoms in total. The number of benzene rings is 2. The molecular formula is C29H36N6O3S. The molecule has 0 aliphatic heterocycles. The van der Waals surface area contributed by atoms with Crippen molar-refractivity contribution < 1.29 is 14.4 Å². The summed E-state index contributed by atoms with van der Waals surface area (Å²) in [5.74, 6) is -1.61.